The molecule has 0 saturated carbocycles. The summed E-state index contributed by atoms with van der Waals surface area (Å²) < 4.78 is 2.09. The lowest BCUT2D eigenvalue weighted by Crippen LogP contribution is -2.16. The third-order valence-corrected chi connectivity index (χ3v) is 5.16. The zero-order valence-electron chi connectivity index (χ0n) is 18.6. The van der Waals surface area contributed by atoms with Gasteiger partial charge in [-0.2, -0.15) is 0 Å². The Kier molecular flexibility index (Phi) is 8.18. The minimum atomic E-state index is 0.724. The lowest BCUT2D eigenvalue weighted by Gasteiger charge is -2.13. The Balaban J connectivity index is 1.78. The maximum atomic E-state index is 4.54. The third kappa shape index (κ3) is 6.51. The molecule has 32 heavy (non-hydrogen) atoms. The van der Waals surface area contributed by atoms with Gasteiger partial charge in [-0.25, -0.2) is 13.1 Å². The molecule has 3 rings (SSSR count). The van der Waals surface area contributed by atoms with Crippen molar-refractivity contribution >= 4 is 63.4 Å². The Bertz CT molecular complexity index is 1140. The number of hydrogen-bond donors (Lipinski definition) is 2. The summed E-state index contributed by atoms with van der Waals surface area (Å²) in [7, 11) is 5.96. The molecule has 0 aliphatic carbocycles. The van der Waals surface area contributed by atoms with Gasteiger partial charge in [0, 0.05) is 90.9 Å². The van der Waals surface area contributed by atoms with Crippen molar-refractivity contribution in [1.82, 2.24) is 18.0 Å². The number of nitrogens with zero attached hydrogens (tertiary/aromatic N) is 5. The first-order chi connectivity index (χ1) is 15.4. The summed E-state index contributed by atoms with van der Waals surface area (Å²) in [5.74, 6) is 1.54. The van der Waals surface area contributed by atoms with Crippen molar-refractivity contribution in [3.63, 3.8) is 0 Å². The van der Waals surface area contributed by atoms with Crippen molar-refractivity contribution in [2.24, 2.45) is 4.99 Å². The summed E-state index contributed by atoms with van der Waals surface area (Å²) in [6, 6.07) is 12.1. The second kappa shape index (κ2) is 11.1. The highest BCUT2D eigenvalue weighted by molar-refractivity contribution is 14.1. The highest BCUT2D eigenvalue weighted by Crippen LogP contribution is 2.25. The summed E-state index contributed by atoms with van der Waals surface area (Å²) in [4.78, 5) is 15.0. The van der Waals surface area contributed by atoms with Crippen molar-refractivity contribution in [3.8, 4) is 0 Å². The predicted octanol–water partition coefficient (Wildman–Crippen LogP) is 4.97. The molecule has 3 aromatic rings. The molecular weight excluding hydrogens is 513 g/mol. The molecule has 0 amide bonds. The summed E-state index contributed by atoms with van der Waals surface area (Å²) >= 11 is 2.26. The molecule has 0 atom stereocenters. The number of likely N-dealkylation sites (N-methyl/N-ethyl adjacent to an activating group) is 1. The van der Waals surface area contributed by atoms with Crippen LogP contribution in [0.25, 0.3) is 22.2 Å². The van der Waals surface area contributed by atoms with Crippen LogP contribution in [0.5, 0.6) is 0 Å². The van der Waals surface area contributed by atoms with Gasteiger partial charge in [0.05, 0.1) is 5.70 Å². The van der Waals surface area contributed by atoms with E-state index >= 15 is 0 Å². The Morgan fingerprint density at radius 1 is 1.06 bits per heavy atom. The summed E-state index contributed by atoms with van der Waals surface area (Å²) in [5.41, 5.74) is 3.52. The van der Waals surface area contributed by atoms with Crippen molar-refractivity contribution < 1.29 is 0 Å². The lowest BCUT2D eigenvalue weighted by molar-refractivity contribution is 0.565. The van der Waals surface area contributed by atoms with Crippen molar-refractivity contribution in [3.05, 3.63) is 72.7 Å². The minimum absolute atomic E-state index is 0.724. The molecule has 0 unspecified atom stereocenters. The van der Waals surface area contributed by atoms with E-state index in [1.54, 1.807) is 6.20 Å². The van der Waals surface area contributed by atoms with E-state index in [9.17, 15) is 0 Å². The topological polar surface area (TPSA) is 68.7 Å². The fraction of sp³-hybridized carbons (Fsp3) is 0.208. The molecule has 2 N–H and O–H groups in total. The number of fused-ring (bicyclic) bond motifs is 1. The van der Waals surface area contributed by atoms with E-state index < -0.39 is 0 Å². The van der Waals surface area contributed by atoms with Crippen molar-refractivity contribution in [2.75, 3.05) is 44.9 Å². The fourth-order valence-corrected chi connectivity index (χ4v) is 3.34. The van der Waals surface area contributed by atoms with Gasteiger partial charge in [-0.05, 0) is 43.4 Å². The van der Waals surface area contributed by atoms with E-state index in [0.717, 1.165) is 58.0 Å². The van der Waals surface area contributed by atoms with Crippen LogP contribution >= 0.6 is 22.9 Å². The smallest absolute Gasteiger partial charge is 0.130 e. The normalized spacial score (nSPS) is 11.5. The fourth-order valence-electron chi connectivity index (χ4n) is 3.10. The number of aromatic nitrogens is 2. The number of halogens is 1. The second-order valence-corrected chi connectivity index (χ2v) is 9.20. The number of pyridine rings is 2. The van der Waals surface area contributed by atoms with E-state index in [1.165, 1.54) is 0 Å². The van der Waals surface area contributed by atoms with Crippen molar-refractivity contribution in [1.29, 1.82) is 0 Å². The highest BCUT2D eigenvalue weighted by atomic mass is 127. The van der Waals surface area contributed by atoms with Gasteiger partial charge in [0.25, 0.3) is 0 Å². The van der Waals surface area contributed by atoms with Gasteiger partial charge in [0.2, 0.25) is 0 Å². The molecule has 7 nitrogen and oxygen atoms in total. The number of hydrogen-bond acceptors (Lipinski definition) is 7. The zero-order chi connectivity index (χ0) is 23.1. The monoisotopic (exact) mass is 541 g/mol. The number of aliphatic imine (C=N–C) groups is 1. The predicted molar refractivity (Wildman–Crippen MR) is 145 cm³/mol. The van der Waals surface area contributed by atoms with Gasteiger partial charge in [-0.15, -0.1) is 0 Å². The SMILES string of the molecule is C=N/C(=C\N(C)C)c1ccc2cnc(NC(=C)c3ccnc(NCCN(C)I)c3)cc2c1. The lowest BCUT2D eigenvalue weighted by atomic mass is 10.1. The maximum Gasteiger partial charge on any atom is 0.130 e. The first-order valence-corrected chi connectivity index (χ1v) is 11.1. The number of anilines is 2. The molecule has 2 aromatic heterocycles. The van der Waals surface area contributed by atoms with Crippen LogP contribution in [0.1, 0.15) is 11.1 Å². The Labute approximate surface area is 203 Å². The van der Waals surface area contributed by atoms with E-state index in [4.69, 9.17) is 0 Å². The molecule has 0 bridgehead atoms. The van der Waals surface area contributed by atoms with Crippen LogP contribution in [0.15, 0.2) is 66.6 Å². The quantitative estimate of drug-likeness (QED) is 0.215. The molecule has 0 saturated heterocycles. The molecule has 8 heteroatoms. The van der Waals surface area contributed by atoms with E-state index in [0.29, 0.717) is 0 Å². The second-order valence-electron chi connectivity index (χ2n) is 7.56. The summed E-state index contributed by atoms with van der Waals surface area (Å²) in [6.07, 6.45) is 5.58. The number of benzene rings is 1. The molecule has 0 radical (unpaired) electrons. The summed E-state index contributed by atoms with van der Waals surface area (Å²) in [6.45, 7) is 9.62. The van der Waals surface area contributed by atoms with Gasteiger partial charge in [-0.1, -0.05) is 18.7 Å². The number of nitrogens with one attached hydrogen (secondary N) is 2. The van der Waals surface area contributed by atoms with Gasteiger partial charge in [0.1, 0.15) is 11.6 Å². The molecule has 1 aromatic carbocycles. The van der Waals surface area contributed by atoms with E-state index in [1.807, 2.05) is 68.8 Å². The van der Waals surface area contributed by atoms with Crippen LogP contribution in [0.4, 0.5) is 11.6 Å². The average Bonchev–Trinajstić information content (AvgIpc) is 2.76. The van der Waals surface area contributed by atoms with Crippen molar-refractivity contribution in [2.45, 2.75) is 0 Å². The molecule has 0 aliphatic rings. The minimum Gasteiger partial charge on any atom is -0.382 e. The summed E-state index contributed by atoms with van der Waals surface area (Å²) in [5, 5.41) is 8.75. The third-order valence-electron chi connectivity index (χ3n) is 4.68. The highest BCUT2D eigenvalue weighted by Gasteiger charge is 2.06. The van der Waals surface area contributed by atoms with Crippen LogP contribution in [0, 0.1) is 0 Å². The average molecular weight is 541 g/mol. The molecule has 2 heterocycles. The zero-order valence-corrected chi connectivity index (χ0v) is 20.8. The van der Waals surface area contributed by atoms with E-state index in [-0.39, 0.29) is 0 Å². The van der Waals surface area contributed by atoms with Gasteiger partial charge < -0.3 is 15.5 Å². The standard InChI is InChI=1S/C24H28IN7/c1-17(18-8-9-27-23(13-18)28-10-11-32(5)25)30-24-14-21-12-19(6-7-20(21)15-29-24)22(26-2)16-31(3)4/h6-9,12-16H,1-2,10-11H2,3-5H3,(H,27,28)(H,29,30)/b22-16-. The van der Waals surface area contributed by atoms with Crippen LogP contribution in [0.2, 0.25) is 0 Å². The molecule has 0 spiro atoms. The Morgan fingerprint density at radius 2 is 1.88 bits per heavy atom. The molecule has 0 fully saturated rings. The molecule has 166 valence electrons. The van der Waals surface area contributed by atoms with Gasteiger partial charge in [-0.3, -0.25) is 4.99 Å². The Morgan fingerprint density at radius 3 is 2.59 bits per heavy atom. The van der Waals surface area contributed by atoms with Gasteiger partial charge >= 0.3 is 0 Å². The molecule has 0 aliphatic heterocycles. The first kappa shape index (κ1) is 23.7. The van der Waals surface area contributed by atoms with Crippen LogP contribution in [-0.4, -0.2) is 58.9 Å². The molecular formula is C24H28IN7. The van der Waals surface area contributed by atoms with Gasteiger partial charge in [0.15, 0.2) is 0 Å². The maximum absolute atomic E-state index is 4.54. The number of rotatable bonds is 10. The van der Waals surface area contributed by atoms with Crippen LogP contribution in [0.3, 0.4) is 0 Å². The van der Waals surface area contributed by atoms with Crippen LogP contribution in [-0.2, 0) is 0 Å². The van der Waals surface area contributed by atoms with Crippen LogP contribution < -0.4 is 10.6 Å². The Hall–Kier alpha value is -2.98. The first-order valence-electron chi connectivity index (χ1n) is 10.1. The largest absolute Gasteiger partial charge is 0.382 e. The van der Waals surface area contributed by atoms with E-state index in [2.05, 4.69) is 70.9 Å².